The lowest BCUT2D eigenvalue weighted by Crippen LogP contribution is -2.55. The van der Waals surface area contributed by atoms with Gasteiger partial charge >= 0.3 is 12.0 Å². The van der Waals surface area contributed by atoms with E-state index in [0.29, 0.717) is 18.8 Å². The van der Waals surface area contributed by atoms with Crippen molar-refractivity contribution in [1.82, 2.24) is 10.2 Å². The Morgan fingerprint density at radius 1 is 1.24 bits per heavy atom. The summed E-state index contributed by atoms with van der Waals surface area (Å²) in [5.41, 5.74) is -0.213. The first-order valence-corrected chi connectivity index (χ1v) is 8.39. The van der Waals surface area contributed by atoms with Gasteiger partial charge in [0.1, 0.15) is 11.6 Å². The lowest BCUT2D eigenvalue weighted by Gasteiger charge is -2.42. The number of hydrogen-bond donors (Lipinski definition) is 3. The van der Waals surface area contributed by atoms with E-state index >= 15 is 0 Å². The molecular formula is C17H21F2N3O3. The number of rotatable bonds is 7. The lowest BCUT2D eigenvalue weighted by atomic mass is 9.85. The van der Waals surface area contributed by atoms with Crippen LogP contribution in [0.4, 0.5) is 19.3 Å². The van der Waals surface area contributed by atoms with E-state index < -0.39 is 23.6 Å². The Labute approximate surface area is 144 Å². The topological polar surface area (TPSA) is 81.7 Å². The molecule has 0 bridgehead atoms. The molecule has 2 aliphatic rings. The molecule has 2 saturated carbocycles. The normalized spacial score (nSPS) is 22.4. The van der Waals surface area contributed by atoms with Crippen molar-refractivity contribution in [2.75, 3.05) is 18.4 Å². The SMILES string of the molecule is O=C(O)CN(CC1CC1)C1CC(NC(=O)Nc2cc(F)ccc2F)C1. The van der Waals surface area contributed by atoms with Gasteiger partial charge in [-0.15, -0.1) is 0 Å². The number of carbonyl (C=O) groups excluding carboxylic acids is 1. The Hall–Kier alpha value is -2.22. The van der Waals surface area contributed by atoms with E-state index in [1.807, 2.05) is 4.90 Å². The van der Waals surface area contributed by atoms with Gasteiger partial charge in [0.25, 0.3) is 0 Å². The van der Waals surface area contributed by atoms with Crippen LogP contribution in [0.1, 0.15) is 25.7 Å². The number of carboxylic acid groups (broad SMARTS) is 1. The molecule has 136 valence electrons. The number of aliphatic carboxylic acids is 1. The summed E-state index contributed by atoms with van der Waals surface area (Å²) in [7, 11) is 0. The molecule has 0 radical (unpaired) electrons. The van der Waals surface area contributed by atoms with Gasteiger partial charge in [0.15, 0.2) is 0 Å². The van der Waals surface area contributed by atoms with Crippen LogP contribution in [0.2, 0.25) is 0 Å². The summed E-state index contributed by atoms with van der Waals surface area (Å²) in [6, 6.07) is 2.28. The monoisotopic (exact) mass is 353 g/mol. The van der Waals surface area contributed by atoms with Gasteiger partial charge in [0, 0.05) is 24.7 Å². The largest absolute Gasteiger partial charge is 0.480 e. The molecule has 3 rings (SSSR count). The minimum absolute atomic E-state index is 0.00852. The van der Waals surface area contributed by atoms with E-state index in [1.165, 1.54) is 0 Å². The van der Waals surface area contributed by atoms with Crippen molar-refractivity contribution >= 4 is 17.7 Å². The van der Waals surface area contributed by atoms with Crippen molar-refractivity contribution in [2.24, 2.45) is 5.92 Å². The summed E-state index contributed by atoms with van der Waals surface area (Å²) < 4.78 is 26.6. The molecule has 0 aliphatic heterocycles. The smallest absolute Gasteiger partial charge is 0.319 e. The third kappa shape index (κ3) is 4.88. The summed E-state index contributed by atoms with van der Waals surface area (Å²) in [4.78, 5) is 24.9. The summed E-state index contributed by atoms with van der Waals surface area (Å²) >= 11 is 0. The van der Waals surface area contributed by atoms with Crippen LogP contribution in [0.15, 0.2) is 18.2 Å². The zero-order valence-electron chi connectivity index (χ0n) is 13.7. The number of anilines is 1. The summed E-state index contributed by atoms with van der Waals surface area (Å²) in [6.45, 7) is 0.791. The maximum absolute atomic E-state index is 13.5. The molecule has 2 fully saturated rings. The van der Waals surface area contributed by atoms with Gasteiger partial charge in [-0.25, -0.2) is 13.6 Å². The Balaban J connectivity index is 1.46. The molecule has 6 nitrogen and oxygen atoms in total. The van der Waals surface area contributed by atoms with Crippen molar-refractivity contribution in [1.29, 1.82) is 0 Å². The molecule has 0 saturated heterocycles. The number of halogens is 2. The summed E-state index contributed by atoms with van der Waals surface area (Å²) in [5, 5.41) is 14.0. The highest BCUT2D eigenvalue weighted by atomic mass is 19.1. The molecule has 25 heavy (non-hydrogen) atoms. The van der Waals surface area contributed by atoms with Crippen LogP contribution >= 0.6 is 0 Å². The van der Waals surface area contributed by atoms with Crippen LogP contribution in [-0.4, -0.2) is 47.2 Å². The van der Waals surface area contributed by atoms with E-state index in [1.54, 1.807) is 0 Å². The molecule has 0 aromatic heterocycles. The lowest BCUT2D eigenvalue weighted by molar-refractivity contribution is -0.139. The first-order valence-electron chi connectivity index (χ1n) is 8.39. The van der Waals surface area contributed by atoms with Gasteiger partial charge in [-0.3, -0.25) is 9.69 Å². The Morgan fingerprint density at radius 3 is 2.60 bits per heavy atom. The van der Waals surface area contributed by atoms with Crippen molar-refractivity contribution in [3.8, 4) is 0 Å². The number of carbonyl (C=O) groups is 2. The predicted octanol–water partition coefficient (Wildman–Crippen LogP) is 2.41. The average Bonchev–Trinajstić information content (AvgIpc) is 3.29. The molecule has 0 spiro atoms. The quantitative estimate of drug-likeness (QED) is 0.703. The third-order valence-electron chi connectivity index (χ3n) is 4.67. The van der Waals surface area contributed by atoms with Crippen molar-refractivity contribution in [3.63, 3.8) is 0 Å². The second-order valence-electron chi connectivity index (χ2n) is 6.81. The molecule has 8 heteroatoms. The number of carboxylic acids is 1. The van der Waals surface area contributed by atoms with Gasteiger partial charge in [0.05, 0.1) is 12.2 Å². The van der Waals surface area contributed by atoms with Crippen LogP contribution < -0.4 is 10.6 Å². The van der Waals surface area contributed by atoms with E-state index in [9.17, 15) is 18.4 Å². The molecular weight excluding hydrogens is 332 g/mol. The average molecular weight is 353 g/mol. The molecule has 3 N–H and O–H groups in total. The standard InChI is InChI=1S/C17H21F2N3O3/c18-11-3-4-14(19)15(5-11)21-17(25)20-12-6-13(7-12)22(9-16(23)24)8-10-1-2-10/h3-5,10,12-13H,1-2,6-9H2,(H,23,24)(H2,20,21,25). The van der Waals surface area contributed by atoms with Crippen molar-refractivity contribution in [2.45, 2.75) is 37.8 Å². The van der Waals surface area contributed by atoms with Crippen molar-refractivity contribution < 1.29 is 23.5 Å². The highest BCUT2D eigenvalue weighted by Gasteiger charge is 2.37. The summed E-state index contributed by atoms with van der Waals surface area (Å²) in [6.07, 6.45) is 3.59. The van der Waals surface area contributed by atoms with Crippen LogP contribution in [0.5, 0.6) is 0 Å². The zero-order valence-corrected chi connectivity index (χ0v) is 13.7. The fourth-order valence-electron chi connectivity index (χ4n) is 3.09. The number of hydrogen-bond acceptors (Lipinski definition) is 3. The maximum Gasteiger partial charge on any atom is 0.319 e. The van der Waals surface area contributed by atoms with Crippen molar-refractivity contribution in [3.05, 3.63) is 29.8 Å². The van der Waals surface area contributed by atoms with Gasteiger partial charge < -0.3 is 15.7 Å². The predicted molar refractivity (Wildman–Crippen MR) is 87.3 cm³/mol. The fraction of sp³-hybridized carbons (Fsp3) is 0.529. The van der Waals surface area contributed by atoms with Gasteiger partial charge in [0.2, 0.25) is 0 Å². The highest BCUT2D eigenvalue weighted by Crippen LogP contribution is 2.33. The molecule has 2 amide bonds. The third-order valence-corrected chi connectivity index (χ3v) is 4.67. The number of benzene rings is 1. The second kappa shape index (κ2) is 7.35. The van der Waals surface area contributed by atoms with E-state index in [2.05, 4.69) is 10.6 Å². The number of amides is 2. The molecule has 1 aromatic rings. The van der Waals surface area contributed by atoms with E-state index in [4.69, 9.17) is 5.11 Å². The van der Waals surface area contributed by atoms with Crippen LogP contribution in [-0.2, 0) is 4.79 Å². The number of nitrogens with zero attached hydrogens (tertiary/aromatic N) is 1. The summed E-state index contributed by atoms with van der Waals surface area (Å²) in [5.74, 6) is -1.60. The van der Waals surface area contributed by atoms with E-state index in [-0.39, 0.29) is 24.3 Å². The Kier molecular flexibility index (Phi) is 5.17. The maximum atomic E-state index is 13.5. The minimum atomic E-state index is -0.851. The number of urea groups is 1. The molecule has 0 unspecified atom stereocenters. The van der Waals surface area contributed by atoms with Gasteiger partial charge in [-0.1, -0.05) is 0 Å². The Morgan fingerprint density at radius 2 is 1.96 bits per heavy atom. The van der Waals surface area contributed by atoms with Gasteiger partial charge in [-0.2, -0.15) is 0 Å². The second-order valence-corrected chi connectivity index (χ2v) is 6.81. The fourth-order valence-corrected chi connectivity index (χ4v) is 3.09. The van der Waals surface area contributed by atoms with E-state index in [0.717, 1.165) is 37.6 Å². The first-order chi connectivity index (χ1) is 11.9. The molecule has 0 heterocycles. The molecule has 1 aromatic carbocycles. The zero-order chi connectivity index (χ0) is 18.0. The Bertz CT molecular complexity index is 661. The first kappa shape index (κ1) is 17.6. The minimum Gasteiger partial charge on any atom is -0.480 e. The van der Waals surface area contributed by atoms with Crippen LogP contribution in [0, 0.1) is 17.6 Å². The number of nitrogens with one attached hydrogen (secondary N) is 2. The van der Waals surface area contributed by atoms with Crippen LogP contribution in [0.3, 0.4) is 0 Å². The van der Waals surface area contributed by atoms with Gasteiger partial charge in [-0.05, 0) is 43.7 Å². The van der Waals surface area contributed by atoms with Crippen LogP contribution in [0.25, 0.3) is 0 Å². The molecule has 0 atom stereocenters. The molecule has 2 aliphatic carbocycles. The highest BCUT2D eigenvalue weighted by molar-refractivity contribution is 5.89.